The van der Waals surface area contributed by atoms with E-state index in [4.69, 9.17) is 14.7 Å². The van der Waals surface area contributed by atoms with Crippen LogP contribution < -0.4 is 20.9 Å². The van der Waals surface area contributed by atoms with Gasteiger partial charge in [0.15, 0.2) is 5.82 Å². The standard InChI is InChI=1S/C23H28N8O2/c1-14(2)27-21-20-15(8-17(28-21)23(3)12-33-13-23)9-26-22(30-20)29-18-5-4-16(10-25-18)31-7-6-24-11-19(31)32/h4-5,8-10,14,24H,6-7,11-13H2,1-3H3,(H,27,28)(H,25,26,29,30). The summed E-state index contributed by atoms with van der Waals surface area (Å²) in [6, 6.07) is 5.95. The van der Waals surface area contributed by atoms with E-state index >= 15 is 0 Å². The number of amides is 1. The van der Waals surface area contributed by atoms with Gasteiger partial charge in [-0.3, -0.25) is 4.79 Å². The number of piperazine rings is 1. The van der Waals surface area contributed by atoms with Crippen LogP contribution in [0, 0.1) is 0 Å². The van der Waals surface area contributed by atoms with Crippen LogP contribution in [0.1, 0.15) is 26.5 Å². The summed E-state index contributed by atoms with van der Waals surface area (Å²) in [5.74, 6) is 1.81. The molecule has 1 amide bonds. The zero-order valence-electron chi connectivity index (χ0n) is 19.1. The van der Waals surface area contributed by atoms with Crippen molar-refractivity contribution in [2.24, 2.45) is 0 Å². The Morgan fingerprint density at radius 1 is 1.18 bits per heavy atom. The summed E-state index contributed by atoms with van der Waals surface area (Å²) in [7, 11) is 0. The lowest BCUT2D eigenvalue weighted by Crippen LogP contribution is -2.48. The minimum absolute atomic E-state index is 0.0426. The van der Waals surface area contributed by atoms with Crippen molar-refractivity contribution in [2.75, 3.05) is 48.4 Å². The van der Waals surface area contributed by atoms with Gasteiger partial charge in [-0.2, -0.15) is 0 Å². The van der Waals surface area contributed by atoms with Crippen LogP contribution in [0.2, 0.25) is 0 Å². The van der Waals surface area contributed by atoms with Crippen molar-refractivity contribution in [1.82, 2.24) is 25.3 Å². The van der Waals surface area contributed by atoms with Gasteiger partial charge >= 0.3 is 0 Å². The number of carbonyl (C=O) groups is 1. The molecule has 10 heteroatoms. The molecule has 0 unspecified atom stereocenters. The number of ether oxygens (including phenoxy) is 1. The first-order valence-corrected chi connectivity index (χ1v) is 11.2. The lowest BCUT2D eigenvalue weighted by atomic mass is 9.84. The van der Waals surface area contributed by atoms with Crippen molar-refractivity contribution in [1.29, 1.82) is 0 Å². The van der Waals surface area contributed by atoms with Gasteiger partial charge in [0.05, 0.1) is 42.8 Å². The lowest BCUT2D eigenvalue weighted by Gasteiger charge is -2.37. The molecule has 172 valence electrons. The summed E-state index contributed by atoms with van der Waals surface area (Å²) in [5.41, 5.74) is 2.42. The quantitative estimate of drug-likeness (QED) is 0.522. The van der Waals surface area contributed by atoms with E-state index in [0.29, 0.717) is 38.1 Å². The highest BCUT2D eigenvalue weighted by Crippen LogP contribution is 2.34. The number of fused-ring (bicyclic) bond motifs is 1. The summed E-state index contributed by atoms with van der Waals surface area (Å²) < 4.78 is 5.43. The van der Waals surface area contributed by atoms with Crippen LogP contribution in [0.25, 0.3) is 10.9 Å². The average Bonchev–Trinajstić information content (AvgIpc) is 2.78. The molecule has 3 aromatic heterocycles. The normalized spacial score (nSPS) is 17.8. The van der Waals surface area contributed by atoms with Crippen molar-refractivity contribution in [2.45, 2.75) is 32.2 Å². The van der Waals surface area contributed by atoms with Crippen molar-refractivity contribution in [3.8, 4) is 0 Å². The van der Waals surface area contributed by atoms with E-state index in [1.807, 2.05) is 18.2 Å². The first-order valence-electron chi connectivity index (χ1n) is 11.2. The number of aromatic nitrogens is 4. The Bertz CT molecular complexity index is 1180. The highest BCUT2D eigenvalue weighted by molar-refractivity contribution is 5.95. The number of anilines is 4. The second kappa shape index (κ2) is 8.53. The highest BCUT2D eigenvalue weighted by atomic mass is 16.5. The molecule has 2 fully saturated rings. The molecule has 5 heterocycles. The average molecular weight is 449 g/mol. The van der Waals surface area contributed by atoms with Gasteiger partial charge in [-0.05, 0) is 39.0 Å². The smallest absolute Gasteiger partial charge is 0.241 e. The molecule has 2 saturated heterocycles. The predicted molar refractivity (Wildman–Crippen MR) is 127 cm³/mol. The Morgan fingerprint density at radius 3 is 2.70 bits per heavy atom. The Balaban J connectivity index is 1.41. The van der Waals surface area contributed by atoms with Gasteiger partial charge in [0.1, 0.15) is 11.3 Å². The molecule has 2 aliphatic heterocycles. The maximum absolute atomic E-state index is 12.1. The zero-order valence-corrected chi connectivity index (χ0v) is 19.1. The van der Waals surface area contributed by atoms with Crippen LogP contribution in [-0.4, -0.2) is 64.7 Å². The molecule has 10 nitrogen and oxygen atoms in total. The summed E-state index contributed by atoms with van der Waals surface area (Å²) in [4.78, 5) is 32.4. The van der Waals surface area contributed by atoms with E-state index < -0.39 is 0 Å². The fourth-order valence-corrected chi connectivity index (χ4v) is 3.95. The van der Waals surface area contributed by atoms with Gasteiger partial charge in [0.25, 0.3) is 0 Å². The molecule has 2 aliphatic rings. The molecule has 0 bridgehead atoms. The maximum Gasteiger partial charge on any atom is 0.241 e. The number of pyridine rings is 2. The number of hydrogen-bond donors (Lipinski definition) is 3. The molecule has 0 saturated carbocycles. The van der Waals surface area contributed by atoms with Crippen LogP contribution in [0.15, 0.2) is 30.6 Å². The van der Waals surface area contributed by atoms with E-state index in [1.54, 1.807) is 17.3 Å². The third-order valence-corrected chi connectivity index (χ3v) is 5.84. The minimum atomic E-state index is -0.0873. The molecule has 3 N–H and O–H groups in total. The summed E-state index contributed by atoms with van der Waals surface area (Å²) >= 11 is 0. The maximum atomic E-state index is 12.1. The van der Waals surface area contributed by atoms with Crippen molar-refractivity contribution < 1.29 is 9.53 Å². The lowest BCUT2D eigenvalue weighted by molar-refractivity contribution is -0.118. The Kier molecular flexibility index (Phi) is 5.55. The summed E-state index contributed by atoms with van der Waals surface area (Å²) in [5, 5.41) is 10.6. The largest absolute Gasteiger partial charge is 0.379 e. The molecular weight excluding hydrogens is 420 g/mol. The second-order valence-electron chi connectivity index (χ2n) is 9.09. The van der Waals surface area contributed by atoms with Crippen LogP contribution in [-0.2, 0) is 14.9 Å². The van der Waals surface area contributed by atoms with Crippen molar-refractivity contribution in [3.05, 3.63) is 36.3 Å². The summed E-state index contributed by atoms with van der Waals surface area (Å²) in [6.45, 7) is 9.37. The van der Waals surface area contributed by atoms with Gasteiger partial charge in [-0.1, -0.05) is 0 Å². The molecule has 0 atom stereocenters. The number of rotatable bonds is 6. The first kappa shape index (κ1) is 21.5. The van der Waals surface area contributed by atoms with Gasteiger partial charge in [0.2, 0.25) is 11.9 Å². The fourth-order valence-electron chi connectivity index (χ4n) is 3.95. The highest BCUT2D eigenvalue weighted by Gasteiger charge is 2.37. The third kappa shape index (κ3) is 4.31. The number of nitrogens with zero attached hydrogens (tertiary/aromatic N) is 5. The first-order chi connectivity index (χ1) is 15.9. The molecule has 0 spiro atoms. The third-order valence-electron chi connectivity index (χ3n) is 5.84. The molecular formula is C23H28N8O2. The molecule has 0 radical (unpaired) electrons. The SMILES string of the molecule is CC(C)Nc1nc(C2(C)COC2)cc2cnc(Nc3ccc(N4CCNCC4=O)cn3)nc12. The number of nitrogens with one attached hydrogen (secondary N) is 3. The summed E-state index contributed by atoms with van der Waals surface area (Å²) in [6.07, 6.45) is 3.49. The van der Waals surface area contributed by atoms with Crippen molar-refractivity contribution in [3.63, 3.8) is 0 Å². The minimum Gasteiger partial charge on any atom is -0.379 e. The predicted octanol–water partition coefficient (Wildman–Crippen LogP) is 2.21. The van der Waals surface area contributed by atoms with Crippen LogP contribution in [0.4, 0.5) is 23.3 Å². The van der Waals surface area contributed by atoms with Gasteiger partial charge in [0, 0.05) is 30.7 Å². The van der Waals surface area contributed by atoms with E-state index in [0.717, 1.165) is 34.6 Å². The van der Waals surface area contributed by atoms with Gasteiger partial charge in [-0.25, -0.2) is 19.9 Å². The van der Waals surface area contributed by atoms with Crippen LogP contribution in [0.5, 0.6) is 0 Å². The Morgan fingerprint density at radius 2 is 2.03 bits per heavy atom. The molecule has 0 aromatic carbocycles. The monoisotopic (exact) mass is 448 g/mol. The van der Waals surface area contributed by atoms with E-state index in [2.05, 4.69) is 46.7 Å². The van der Waals surface area contributed by atoms with E-state index in [-0.39, 0.29) is 17.4 Å². The molecule has 33 heavy (non-hydrogen) atoms. The second-order valence-corrected chi connectivity index (χ2v) is 9.09. The van der Waals surface area contributed by atoms with Gasteiger partial charge in [-0.15, -0.1) is 0 Å². The van der Waals surface area contributed by atoms with E-state index in [1.165, 1.54) is 0 Å². The molecule has 3 aromatic rings. The zero-order chi connectivity index (χ0) is 23.0. The fraction of sp³-hybridized carbons (Fsp3) is 0.435. The Labute approximate surface area is 192 Å². The Hall–Kier alpha value is -3.37. The molecule has 0 aliphatic carbocycles. The number of carbonyl (C=O) groups excluding carboxylic acids is 1. The van der Waals surface area contributed by atoms with Crippen LogP contribution in [0.3, 0.4) is 0 Å². The topological polar surface area (TPSA) is 117 Å². The van der Waals surface area contributed by atoms with Crippen molar-refractivity contribution >= 4 is 40.1 Å². The van der Waals surface area contributed by atoms with Crippen LogP contribution >= 0.6 is 0 Å². The van der Waals surface area contributed by atoms with Gasteiger partial charge < -0.3 is 25.6 Å². The van der Waals surface area contributed by atoms with E-state index in [9.17, 15) is 4.79 Å². The molecule has 5 rings (SSSR count). The number of hydrogen-bond acceptors (Lipinski definition) is 9.